The van der Waals surface area contributed by atoms with Gasteiger partial charge in [0.15, 0.2) is 0 Å². The van der Waals surface area contributed by atoms with E-state index in [9.17, 15) is 18.4 Å². The number of benzene rings is 1. The number of pyridine rings is 1. The molecule has 4 atom stereocenters. The average molecular weight is 815 g/mol. The average Bonchev–Trinajstić information content (AvgIpc) is 3.70. The summed E-state index contributed by atoms with van der Waals surface area (Å²) in [5, 5.41) is 5.48. The Balaban J connectivity index is 1.64. The highest BCUT2D eigenvalue weighted by molar-refractivity contribution is 8.14. The number of amides is 2. The van der Waals surface area contributed by atoms with Crippen LogP contribution in [-0.4, -0.2) is 102 Å². The number of alkyl carbamates (subject to hydrolysis) is 1. The molecular weight excluding hydrogens is 755 g/mol. The molecule has 12 nitrogen and oxygen atoms in total. The van der Waals surface area contributed by atoms with Crippen LogP contribution < -0.4 is 10.7 Å². The molecule has 0 spiro atoms. The van der Waals surface area contributed by atoms with Crippen molar-refractivity contribution in [3.63, 3.8) is 0 Å². The lowest BCUT2D eigenvalue weighted by molar-refractivity contribution is -0.141. The minimum Gasteiger partial charge on any atom is -0.444 e. The van der Waals surface area contributed by atoms with Crippen LogP contribution in [0.1, 0.15) is 91.2 Å². The number of fused-ring (bicyclic) bond motifs is 1. The molecule has 2 N–H and O–H groups in total. The van der Waals surface area contributed by atoms with Crippen molar-refractivity contribution in [3.8, 4) is 11.3 Å². The van der Waals surface area contributed by atoms with Gasteiger partial charge in [-0.05, 0) is 102 Å². The molecule has 57 heavy (non-hydrogen) atoms. The molecule has 1 saturated heterocycles. The van der Waals surface area contributed by atoms with E-state index in [0.29, 0.717) is 43.5 Å². The van der Waals surface area contributed by atoms with E-state index in [4.69, 9.17) is 28.9 Å². The van der Waals surface area contributed by atoms with Crippen LogP contribution in [0.25, 0.3) is 22.2 Å². The van der Waals surface area contributed by atoms with E-state index in [1.54, 1.807) is 41.2 Å². The van der Waals surface area contributed by atoms with Gasteiger partial charge >= 0.3 is 6.09 Å². The highest BCUT2D eigenvalue weighted by atomic mass is 32.2. The van der Waals surface area contributed by atoms with Crippen molar-refractivity contribution < 1.29 is 37.3 Å². The van der Waals surface area contributed by atoms with E-state index in [1.165, 1.54) is 16.8 Å². The van der Waals surface area contributed by atoms with Gasteiger partial charge in [0.05, 0.1) is 29.6 Å². The van der Waals surface area contributed by atoms with Crippen molar-refractivity contribution in [2.24, 2.45) is 10.4 Å². The molecule has 15 heteroatoms. The molecule has 1 aromatic carbocycles. The van der Waals surface area contributed by atoms with Gasteiger partial charge < -0.3 is 28.8 Å². The first-order valence-corrected chi connectivity index (χ1v) is 20.7. The molecule has 4 heterocycles. The Hall–Kier alpha value is -3.63. The smallest absolute Gasteiger partial charge is 0.408 e. The van der Waals surface area contributed by atoms with Gasteiger partial charge in [0, 0.05) is 62.3 Å². The lowest BCUT2D eigenvalue weighted by Gasteiger charge is -2.34. The summed E-state index contributed by atoms with van der Waals surface area (Å²) in [7, 11) is 3.40. The van der Waals surface area contributed by atoms with E-state index < -0.39 is 48.3 Å². The number of aliphatic imine (C=N–C) groups is 1. The molecule has 2 aliphatic rings. The minimum absolute atomic E-state index is 0.221. The number of aryl methyl sites for hydroxylation is 1. The zero-order chi connectivity index (χ0) is 41.7. The lowest BCUT2D eigenvalue weighted by atomic mass is 9.83. The zero-order valence-electron chi connectivity index (χ0n) is 35.0. The maximum Gasteiger partial charge on any atom is 0.408 e. The SMILES string of the molecule is CCn1c(-c2cccnc2[C@H](C)OC)c(CC(C)(C)COC)c2cc(C3(C)CSC([C@@H](OCC(F)F)[C@H](NC(=O)OC(C)(C)C)C(=O)N4CCCCN4)=N3)ccc21. The Morgan fingerprint density at radius 2 is 1.88 bits per heavy atom. The lowest BCUT2D eigenvalue weighted by Crippen LogP contribution is -2.61. The van der Waals surface area contributed by atoms with Crippen LogP contribution >= 0.6 is 11.8 Å². The van der Waals surface area contributed by atoms with Crippen molar-refractivity contribution >= 4 is 39.7 Å². The van der Waals surface area contributed by atoms with Crippen LogP contribution in [0.2, 0.25) is 0 Å². The highest BCUT2D eigenvalue weighted by Crippen LogP contribution is 2.44. The predicted octanol–water partition coefficient (Wildman–Crippen LogP) is 7.68. The van der Waals surface area contributed by atoms with Crippen molar-refractivity contribution in [3.05, 3.63) is 53.3 Å². The molecule has 0 saturated carbocycles. The fourth-order valence-electron chi connectivity index (χ4n) is 7.60. The Bertz CT molecular complexity index is 1910. The number of rotatable bonds is 16. The number of nitrogens with one attached hydrogen (secondary N) is 2. The second kappa shape index (κ2) is 18.5. The Labute approximate surface area is 339 Å². The van der Waals surface area contributed by atoms with Crippen LogP contribution in [0.3, 0.4) is 0 Å². The Kier molecular flexibility index (Phi) is 14.5. The molecule has 0 bridgehead atoms. The number of ether oxygens (including phenoxy) is 4. The first-order chi connectivity index (χ1) is 26.9. The number of hydrazine groups is 1. The van der Waals surface area contributed by atoms with Crippen LogP contribution in [0, 0.1) is 5.41 Å². The quantitative estimate of drug-likeness (QED) is 0.150. The van der Waals surface area contributed by atoms with E-state index in [1.807, 2.05) is 19.9 Å². The summed E-state index contributed by atoms with van der Waals surface area (Å²) in [5.41, 5.74) is 7.17. The summed E-state index contributed by atoms with van der Waals surface area (Å²) in [4.78, 5) is 37.3. The van der Waals surface area contributed by atoms with Crippen LogP contribution in [0.4, 0.5) is 13.6 Å². The van der Waals surface area contributed by atoms with E-state index >= 15 is 0 Å². The largest absolute Gasteiger partial charge is 0.444 e. The second-order valence-electron chi connectivity index (χ2n) is 16.8. The maximum absolute atomic E-state index is 14.1. The number of nitrogens with zero attached hydrogens (tertiary/aromatic N) is 4. The first-order valence-electron chi connectivity index (χ1n) is 19.7. The molecule has 5 rings (SSSR count). The molecular formula is C42H60F2N6O6S. The van der Waals surface area contributed by atoms with Gasteiger partial charge in [0.25, 0.3) is 12.3 Å². The third-order valence-corrected chi connectivity index (χ3v) is 11.6. The fourth-order valence-corrected chi connectivity index (χ4v) is 8.89. The molecule has 2 amide bonds. The van der Waals surface area contributed by atoms with Gasteiger partial charge in [-0.25, -0.2) is 19.0 Å². The number of methoxy groups -OCH3 is 2. The monoisotopic (exact) mass is 814 g/mol. The molecule has 0 radical (unpaired) electrons. The van der Waals surface area contributed by atoms with Crippen molar-refractivity contribution in [1.82, 2.24) is 25.3 Å². The summed E-state index contributed by atoms with van der Waals surface area (Å²) in [6.45, 7) is 16.9. The number of alkyl halides is 2. The molecule has 314 valence electrons. The normalized spacial score (nSPS) is 19.5. The number of halogens is 2. The highest BCUT2D eigenvalue weighted by Gasteiger charge is 2.44. The first kappa shape index (κ1) is 44.5. The number of carbonyl (C=O) groups is 2. The third kappa shape index (κ3) is 10.5. The van der Waals surface area contributed by atoms with E-state index in [0.717, 1.165) is 51.8 Å². The number of aromatic nitrogens is 2. The number of hydrogen-bond acceptors (Lipinski definition) is 10. The summed E-state index contributed by atoms with van der Waals surface area (Å²) < 4.78 is 52.8. The van der Waals surface area contributed by atoms with Gasteiger partial charge in [0.1, 0.15) is 29.4 Å². The number of hydrogen-bond donors (Lipinski definition) is 2. The van der Waals surface area contributed by atoms with Crippen LogP contribution in [0.5, 0.6) is 0 Å². The van der Waals surface area contributed by atoms with Gasteiger partial charge in [-0.2, -0.15) is 0 Å². The Morgan fingerprint density at radius 1 is 1.12 bits per heavy atom. The molecule has 3 aromatic rings. The van der Waals surface area contributed by atoms with Crippen molar-refractivity contribution in [2.75, 3.05) is 46.3 Å². The molecule has 0 aliphatic carbocycles. The molecule has 2 aromatic heterocycles. The second-order valence-corrected chi connectivity index (χ2v) is 17.8. The summed E-state index contributed by atoms with van der Waals surface area (Å²) in [6.07, 6.45) is -1.12. The van der Waals surface area contributed by atoms with Gasteiger partial charge in [-0.15, -0.1) is 11.8 Å². The third-order valence-electron chi connectivity index (χ3n) is 10.3. The van der Waals surface area contributed by atoms with E-state index in [-0.39, 0.29) is 11.5 Å². The van der Waals surface area contributed by atoms with Crippen LogP contribution in [0.15, 0.2) is 41.5 Å². The van der Waals surface area contributed by atoms with Crippen molar-refractivity contribution in [2.45, 2.75) is 117 Å². The minimum atomic E-state index is -2.82. The maximum atomic E-state index is 14.1. The van der Waals surface area contributed by atoms with E-state index in [2.05, 4.69) is 60.3 Å². The van der Waals surface area contributed by atoms with Crippen molar-refractivity contribution in [1.29, 1.82) is 0 Å². The predicted molar refractivity (Wildman–Crippen MR) is 221 cm³/mol. The summed E-state index contributed by atoms with van der Waals surface area (Å²) >= 11 is 1.33. The molecule has 1 fully saturated rings. The summed E-state index contributed by atoms with van der Waals surface area (Å²) in [5.74, 6) is -0.0748. The van der Waals surface area contributed by atoms with Gasteiger partial charge in [0.2, 0.25) is 0 Å². The summed E-state index contributed by atoms with van der Waals surface area (Å²) in [6, 6.07) is 9.02. The molecule has 2 aliphatic heterocycles. The number of thioether (sulfide) groups is 1. The van der Waals surface area contributed by atoms with Gasteiger partial charge in [-0.3, -0.25) is 19.8 Å². The number of carbonyl (C=O) groups excluding carboxylic acids is 2. The molecule has 1 unspecified atom stereocenters. The topological polar surface area (TPSA) is 129 Å². The standard InChI is InChI=1S/C42H60F2N6O6S/c1-11-49-31-17-16-27(21-29(31)30(22-41(6,7)24-53-9)35(49)28-15-14-18-45-33(28)26(2)54-10)42(8)25-57-37(48-42)36(55-23-32(43)44)34(47-39(52)56-40(3,4)5)38(51)50-20-13-12-19-46-50/h14-18,21,26,32,34,36,46H,11-13,19-20,22-25H2,1-10H3,(H,47,52)/t26-,34-,36-,42?/m0/s1. The zero-order valence-corrected chi connectivity index (χ0v) is 35.9. The Morgan fingerprint density at radius 3 is 2.51 bits per heavy atom. The fraction of sp³-hybridized carbons (Fsp3) is 0.619. The van der Waals surface area contributed by atoms with Crippen LogP contribution in [-0.2, 0) is 42.2 Å². The van der Waals surface area contributed by atoms with Gasteiger partial charge in [-0.1, -0.05) is 19.9 Å².